The first kappa shape index (κ1) is 22.1. The van der Waals surface area contributed by atoms with Gasteiger partial charge in [-0.2, -0.15) is 0 Å². The first-order valence-corrected chi connectivity index (χ1v) is 11.1. The highest BCUT2D eigenvalue weighted by Gasteiger charge is 2.15. The van der Waals surface area contributed by atoms with E-state index in [4.69, 9.17) is 11.6 Å². The molecule has 154 valence electrons. The molecule has 3 aromatic carbocycles. The summed E-state index contributed by atoms with van der Waals surface area (Å²) >= 11 is 9.77. The van der Waals surface area contributed by atoms with Crippen molar-refractivity contribution < 1.29 is 9.59 Å². The Labute approximate surface area is 189 Å². The van der Waals surface area contributed by atoms with Gasteiger partial charge in [-0.1, -0.05) is 63.9 Å². The van der Waals surface area contributed by atoms with Crippen LogP contribution in [0.3, 0.4) is 0 Å². The Bertz CT molecular complexity index is 1070. The molecule has 0 fully saturated rings. The zero-order valence-corrected chi connectivity index (χ0v) is 18.9. The molecule has 4 nitrogen and oxygen atoms in total. The van der Waals surface area contributed by atoms with Crippen LogP contribution in [0.5, 0.6) is 0 Å². The molecule has 30 heavy (non-hydrogen) atoms. The molecule has 0 heterocycles. The van der Waals surface area contributed by atoms with E-state index in [2.05, 4.69) is 26.6 Å². The number of rotatable bonds is 8. The summed E-state index contributed by atoms with van der Waals surface area (Å²) in [4.78, 5) is 25.0. The summed E-state index contributed by atoms with van der Waals surface area (Å²) in [6, 6.07) is 20.1. The third kappa shape index (κ3) is 5.49. The van der Waals surface area contributed by atoms with Gasteiger partial charge in [-0.25, -0.2) is 0 Å². The number of aryl methyl sites for hydroxylation is 1. The number of nitrogens with one attached hydrogen (secondary N) is 2. The van der Waals surface area contributed by atoms with Crippen LogP contribution in [0, 0.1) is 6.92 Å². The molecular formula is C24H22BrClN2O2. The maximum atomic E-state index is 12.9. The average molecular weight is 486 g/mol. The summed E-state index contributed by atoms with van der Waals surface area (Å²) in [6.45, 7) is 1.90. The summed E-state index contributed by atoms with van der Waals surface area (Å²) in [5.74, 6) is -0.148. The van der Waals surface area contributed by atoms with Gasteiger partial charge >= 0.3 is 0 Å². The SMILES string of the molecule is Cc1ccccc1C(=O)c1ccc(Nc2ccccc2NC(=O)CCCBr)cc1Cl. The highest BCUT2D eigenvalue weighted by molar-refractivity contribution is 9.09. The molecular weight excluding hydrogens is 464 g/mol. The highest BCUT2D eigenvalue weighted by atomic mass is 79.9. The van der Waals surface area contributed by atoms with Crippen molar-refractivity contribution in [2.45, 2.75) is 19.8 Å². The van der Waals surface area contributed by atoms with Gasteiger partial charge in [-0.3, -0.25) is 9.59 Å². The van der Waals surface area contributed by atoms with E-state index in [9.17, 15) is 9.59 Å². The lowest BCUT2D eigenvalue weighted by Gasteiger charge is -2.14. The average Bonchev–Trinajstić information content (AvgIpc) is 2.74. The van der Waals surface area contributed by atoms with E-state index >= 15 is 0 Å². The zero-order valence-electron chi connectivity index (χ0n) is 16.5. The lowest BCUT2D eigenvalue weighted by molar-refractivity contribution is -0.116. The summed E-state index contributed by atoms with van der Waals surface area (Å²) < 4.78 is 0. The maximum Gasteiger partial charge on any atom is 0.224 e. The predicted molar refractivity (Wildman–Crippen MR) is 127 cm³/mol. The van der Waals surface area contributed by atoms with E-state index in [-0.39, 0.29) is 11.7 Å². The molecule has 0 saturated carbocycles. The Hall–Kier alpha value is -2.63. The second-order valence-corrected chi connectivity index (χ2v) is 8.05. The number of para-hydroxylation sites is 2. The molecule has 6 heteroatoms. The number of amides is 1. The zero-order chi connectivity index (χ0) is 21.5. The first-order valence-electron chi connectivity index (χ1n) is 9.61. The molecule has 0 atom stereocenters. The summed E-state index contributed by atoms with van der Waals surface area (Å²) in [7, 11) is 0. The minimum Gasteiger partial charge on any atom is -0.354 e. The molecule has 0 radical (unpaired) electrons. The van der Waals surface area contributed by atoms with Crippen LogP contribution in [0.4, 0.5) is 17.1 Å². The second kappa shape index (κ2) is 10.4. The van der Waals surface area contributed by atoms with Crippen LogP contribution in [0.25, 0.3) is 0 Å². The maximum absolute atomic E-state index is 12.9. The fourth-order valence-electron chi connectivity index (χ4n) is 3.05. The number of hydrogen-bond acceptors (Lipinski definition) is 3. The van der Waals surface area contributed by atoms with Crippen molar-refractivity contribution in [3.63, 3.8) is 0 Å². The number of ketones is 1. The molecule has 2 N–H and O–H groups in total. The van der Waals surface area contributed by atoms with Crippen molar-refractivity contribution in [3.05, 3.63) is 88.4 Å². The fourth-order valence-corrected chi connectivity index (χ4v) is 3.59. The number of anilines is 3. The van der Waals surface area contributed by atoms with Crippen LogP contribution in [0.1, 0.15) is 34.3 Å². The van der Waals surface area contributed by atoms with Crippen LogP contribution >= 0.6 is 27.5 Å². The fraction of sp³-hybridized carbons (Fsp3) is 0.167. The van der Waals surface area contributed by atoms with Crippen molar-refractivity contribution in [3.8, 4) is 0 Å². The Balaban J connectivity index is 1.79. The number of halogens is 2. The van der Waals surface area contributed by atoms with Crippen molar-refractivity contribution in [1.82, 2.24) is 0 Å². The Morgan fingerprint density at radius 3 is 2.33 bits per heavy atom. The number of alkyl halides is 1. The Morgan fingerprint density at radius 2 is 1.63 bits per heavy atom. The van der Waals surface area contributed by atoms with Gasteiger partial charge in [0.25, 0.3) is 0 Å². The quantitative estimate of drug-likeness (QED) is 0.274. The number of carbonyl (C=O) groups excluding carboxylic acids is 2. The highest BCUT2D eigenvalue weighted by Crippen LogP contribution is 2.29. The van der Waals surface area contributed by atoms with Gasteiger partial charge in [-0.05, 0) is 49.2 Å². The van der Waals surface area contributed by atoms with Crippen molar-refractivity contribution in [1.29, 1.82) is 0 Å². The Kier molecular flexibility index (Phi) is 7.66. The van der Waals surface area contributed by atoms with Crippen molar-refractivity contribution in [2.24, 2.45) is 0 Å². The number of carbonyl (C=O) groups is 2. The molecule has 0 spiro atoms. The molecule has 3 aromatic rings. The normalized spacial score (nSPS) is 10.5. The molecule has 0 aliphatic carbocycles. The Morgan fingerprint density at radius 1 is 0.933 bits per heavy atom. The monoisotopic (exact) mass is 484 g/mol. The molecule has 0 bridgehead atoms. The van der Waals surface area contributed by atoms with Gasteiger partial charge in [0, 0.05) is 28.6 Å². The van der Waals surface area contributed by atoms with Gasteiger partial charge in [0.2, 0.25) is 5.91 Å². The van der Waals surface area contributed by atoms with Crippen molar-refractivity contribution in [2.75, 3.05) is 16.0 Å². The standard InChI is InChI=1S/C24H22BrClN2O2/c1-16-7-2-3-8-18(16)24(30)19-13-12-17(15-20(19)26)27-21-9-4-5-10-22(21)28-23(29)11-6-14-25/h2-5,7-10,12-13,15,27H,6,11,14H2,1H3,(H,28,29). The third-order valence-corrected chi connectivity index (χ3v) is 5.49. The largest absolute Gasteiger partial charge is 0.354 e. The molecule has 0 unspecified atom stereocenters. The molecule has 1 amide bonds. The van der Waals surface area contributed by atoms with E-state index in [1.165, 1.54) is 0 Å². The molecule has 0 aromatic heterocycles. The van der Waals surface area contributed by atoms with E-state index in [1.807, 2.05) is 49.4 Å². The van der Waals surface area contributed by atoms with Gasteiger partial charge in [0.05, 0.1) is 16.4 Å². The third-order valence-electron chi connectivity index (χ3n) is 4.62. The van der Waals surface area contributed by atoms with Gasteiger partial charge in [-0.15, -0.1) is 0 Å². The van der Waals surface area contributed by atoms with Crippen LogP contribution in [0.2, 0.25) is 5.02 Å². The van der Waals surface area contributed by atoms with Crippen LogP contribution in [-0.2, 0) is 4.79 Å². The minimum absolute atomic E-state index is 0.0408. The van der Waals surface area contributed by atoms with E-state index in [1.54, 1.807) is 24.3 Å². The van der Waals surface area contributed by atoms with E-state index in [0.29, 0.717) is 28.3 Å². The van der Waals surface area contributed by atoms with E-state index in [0.717, 1.165) is 28.7 Å². The molecule has 0 aliphatic rings. The lowest BCUT2D eigenvalue weighted by Crippen LogP contribution is -2.12. The van der Waals surface area contributed by atoms with Gasteiger partial charge in [0.15, 0.2) is 5.78 Å². The first-order chi connectivity index (χ1) is 14.5. The van der Waals surface area contributed by atoms with Crippen LogP contribution < -0.4 is 10.6 Å². The topological polar surface area (TPSA) is 58.2 Å². The number of hydrogen-bond donors (Lipinski definition) is 2. The summed E-state index contributed by atoms with van der Waals surface area (Å²) in [6.07, 6.45) is 1.22. The molecule has 0 saturated heterocycles. The van der Waals surface area contributed by atoms with Crippen LogP contribution in [0.15, 0.2) is 66.7 Å². The second-order valence-electron chi connectivity index (χ2n) is 6.85. The van der Waals surface area contributed by atoms with Gasteiger partial charge in [0.1, 0.15) is 0 Å². The minimum atomic E-state index is -0.107. The summed E-state index contributed by atoms with van der Waals surface area (Å²) in [5.41, 5.74) is 4.16. The smallest absolute Gasteiger partial charge is 0.224 e. The number of benzene rings is 3. The van der Waals surface area contributed by atoms with Gasteiger partial charge < -0.3 is 10.6 Å². The predicted octanol–water partition coefficient (Wildman–Crippen LogP) is 6.74. The van der Waals surface area contributed by atoms with Crippen molar-refractivity contribution >= 4 is 56.3 Å². The van der Waals surface area contributed by atoms with E-state index < -0.39 is 0 Å². The molecule has 0 aliphatic heterocycles. The molecule has 3 rings (SSSR count). The van der Waals surface area contributed by atoms with Crippen LogP contribution in [-0.4, -0.2) is 17.0 Å². The summed E-state index contributed by atoms with van der Waals surface area (Å²) in [5, 5.41) is 7.35. The lowest BCUT2D eigenvalue weighted by atomic mass is 9.99.